The normalized spacial score (nSPS) is 24.2. The van der Waals surface area contributed by atoms with Crippen molar-refractivity contribution in [3.8, 4) is 17.2 Å². The van der Waals surface area contributed by atoms with Crippen LogP contribution < -0.4 is 5.32 Å². The molecule has 1 N–H and O–H groups in total. The Balaban J connectivity index is 1.28. The van der Waals surface area contributed by atoms with Crippen LogP contribution in [0.3, 0.4) is 0 Å². The lowest BCUT2D eigenvalue weighted by atomic mass is 9.79. The Morgan fingerprint density at radius 2 is 2.00 bits per heavy atom. The van der Waals surface area contributed by atoms with Crippen molar-refractivity contribution in [3.63, 3.8) is 0 Å². The fraction of sp³-hybridized carbons (Fsp3) is 0.432. The zero-order chi connectivity index (χ0) is 35.3. The molecule has 0 spiro atoms. The van der Waals surface area contributed by atoms with Crippen LogP contribution in [0.4, 0.5) is 13.2 Å². The van der Waals surface area contributed by atoms with E-state index in [0.717, 1.165) is 42.4 Å². The molecule has 5 aliphatic rings. The molecule has 2 aromatic carbocycles. The first-order chi connectivity index (χ1) is 24.6. The number of rotatable bonds is 8. The van der Waals surface area contributed by atoms with Crippen molar-refractivity contribution in [2.45, 2.75) is 76.0 Å². The predicted molar refractivity (Wildman–Crippen MR) is 186 cm³/mol. The third kappa shape index (κ3) is 5.14. The molecule has 5 unspecified atom stereocenters. The number of aromatic nitrogens is 5. The molecule has 1 amide bonds. The molecule has 0 radical (unpaired) electrons. The smallest absolute Gasteiger partial charge is 0.283 e. The number of amides is 1. The fourth-order valence-electron chi connectivity index (χ4n) is 8.76. The summed E-state index contributed by atoms with van der Waals surface area (Å²) < 4.78 is 47.9. The number of alkyl halides is 2. The summed E-state index contributed by atoms with van der Waals surface area (Å²) in [7, 11) is 0. The van der Waals surface area contributed by atoms with E-state index in [1.54, 1.807) is 18.2 Å². The predicted octanol–water partition coefficient (Wildman–Crippen LogP) is 8.05. The molecule has 3 saturated heterocycles. The van der Waals surface area contributed by atoms with Crippen LogP contribution >= 0.6 is 23.2 Å². The minimum Gasteiger partial charge on any atom is -0.337 e. The van der Waals surface area contributed by atoms with E-state index in [0.29, 0.717) is 46.1 Å². The lowest BCUT2D eigenvalue weighted by Gasteiger charge is -2.39. The summed E-state index contributed by atoms with van der Waals surface area (Å²) in [5.41, 5.74) is 3.50. The summed E-state index contributed by atoms with van der Waals surface area (Å²) in [4.78, 5) is 20.7. The first kappa shape index (κ1) is 32.7. The van der Waals surface area contributed by atoms with Crippen molar-refractivity contribution in [3.05, 3.63) is 75.0 Å². The molecule has 5 atom stereocenters. The Morgan fingerprint density at radius 3 is 2.69 bits per heavy atom. The lowest BCUT2D eigenvalue weighted by molar-refractivity contribution is -0.133. The minimum absolute atomic E-state index is 0.0517. The molecular weight excluding hydrogens is 700 g/mol. The summed E-state index contributed by atoms with van der Waals surface area (Å²) in [6.45, 7) is 3.03. The molecule has 9 nitrogen and oxygen atoms in total. The number of aryl methyl sites for hydroxylation is 2. The molecule has 2 saturated carbocycles. The number of halogens is 5. The molecule has 2 bridgehead atoms. The van der Waals surface area contributed by atoms with Crippen LogP contribution in [0.25, 0.3) is 32.9 Å². The summed E-state index contributed by atoms with van der Waals surface area (Å²) >= 11 is 13.0. The highest BCUT2D eigenvalue weighted by atomic mass is 35.5. The van der Waals surface area contributed by atoms with E-state index in [-0.39, 0.29) is 64.9 Å². The number of nitrogens with one attached hydrogen (secondary N) is 1. The number of likely N-dealkylation sites (tertiary alicyclic amines) is 1. The van der Waals surface area contributed by atoms with E-state index in [2.05, 4.69) is 32.3 Å². The monoisotopic (exact) mass is 732 g/mol. The van der Waals surface area contributed by atoms with E-state index in [4.69, 9.17) is 28.2 Å². The third-order valence-electron chi connectivity index (χ3n) is 11.4. The number of carbonyl (C=O) groups excluding carboxylic acids is 1. The van der Waals surface area contributed by atoms with Crippen molar-refractivity contribution in [2.75, 3.05) is 13.1 Å². The SMILES string of the molecule is Cc1nc2c(F)c(-c3cccc(Cl)c3Cl)c(CCC#N)cc2c2c1cc(C1CC(n3cc(C(F)F)nn3)CN1C(=O)C1CC1)n2C1C2CNC1C2. The van der Waals surface area contributed by atoms with E-state index >= 15 is 4.39 Å². The topological polar surface area (TPSA) is 105 Å². The number of nitriles is 1. The highest BCUT2D eigenvalue weighted by Gasteiger charge is 2.51. The van der Waals surface area contributed by atoms with Crippen LogP contribution in [0.2, 0.25) is 10.0 Å². The largest absolute Gasteiger partial charge is 0.337 e. The van der Waals surface area contributed by atoms with Gasteiger partial charge in [-0.05, 0) is 68.7 Å². The van der Waals surface area contributed by atoms with E-state index in [9.17, 15) is 18.8 Å². The average molecular weight is 734 g/mol. The third-order valence-corrected chi connectivity index (χ3v) is 12.2. The number of fused-ring (bicyclic) bond motifs is 4. The van der Waals surface area contributed by atoms with Gasteiger partial charge in [-0.2, -0.15) is 5.26 Å². The van der Waals surface area contributed by atoms with Gasteiger partial charge in [0.2, 0.25) is 5.91 Å². The van der Waals surface area contributed by atoms with Crippen molar-refractivity contribution >= 4 is 50.9 Å². The van der Waals surface area contributed by atoms with Gasteiger partial charge in [0.15, 0.2) is 5.82 Å². The zero-order valence-electron chi connectivity index (χ0n) is 27.6. The molecule has 10 rings (SSSR count). The van der Waals surface area contributed by atoms with Gasteiger partial charge in [0, 0.05) is 64.8 Å². The maximum Gasteiger partial charge on any atom is 0.283 e. The number of pyridine rings is 1. The van der Waals surface area contributed by atoms with Crippen molar-refractivity contribution in [1.29, 1.82) is 5.26 Å². The highest BCUT2D eigenvalue weighted by Crippen LogP contribution is 2.52. The molecule has 2 aliphatic carbocycles. The van der Waals surface area contributed by atoms with E-state index in [1.807, 2.05) is 17.9 Å². The van der Waals surface area contributed by atoms with Crippen LogP contribution in [0.5, 0.6) is 0 Å². The number of benzene rings is 2. The molecule has 5 fully saturated rings. The molecule has 3 aromatic heterocycles. The number of nitrogens with zero attached hydrogens (tertiary/aromatic N) is 7. The van der Waals surface area contributed by atoms with Crippen LogP contribution in [0, 0.1) is 35.9 Å². The van der Waals surface area contributed by atoms with E-state index < -0.39 is 17.9 Å². The Hall–Kier alpha value is -4.18. The van der Waals surface area contributed by atoms with Crippen LogP contribution in [0.15, 0.2) is 36.5 Å². The maximum atomic E-state index is 17.1. The molecule has 51 heavy (non-hydrogen) atoms. The van der Waals surface area contributed by atoms with Gasteiger partial charge < -0.3 is 14.8 Å². The van der Waals surface area contributed by atoms with Gasteiger partial charge in [0.25, 0.3) is 6.43 Å². The maximum absolute atomic E-state index is 17.1. The van der Waals surface area contributed by atoms with Gasteiger partial charge >= 0.3 is 0 Å². The highest BCUT2D eigenvalue weighted by molar-refractivity contribution is 6.43. The summed E-state index contributed by atoms with van der Waals surface area (Å²) in [6.07, 6.45) is 2.09. The second kappa shape index (κ2) is 12.2. The Kier molecular flexibility index (Phi) is 7.83. The second-order valence-electron chi connectivity index (χ2n) is 14.4. The molecule has 5 aromatic rings. The van der Waals surface area contributed by atoms with Crippen LogP contribution in [-0.4, -0.2) is 54.5 Å². The first-order valence-corrected chi connectivity index (χ1v) is 18.1. The second-order valence-corrected chi connectivity index (χ2v) is 15.2. The average Bonchev–Trinajstić information content (AvgIpc) is 3.61. The van der Waals surface area contributed by atoms with Gasteiger partial charge in [-0.1, -0.05) is 40.5 Å². The van der Waals surface area contributed by atoms with Crippen LogP contribution in [0.1, 0.15) is 79.3 Å². The Morgan fingerprint density at radius 1 is 1.18 bits per heavy atom. The number of hydrogen-bond donors (Lipinski definition) is 1. The molecule has 3 aliphatic heterocycles. The minimum atomic E-state index is -2.75. The Bertz CT molecular complexity index is 2280. The van der Waals surface area contributed by atoms with Crippen molar-refractivity contribution < 1.29 is 18.0 Å². The first-order valence-electron chi connectivity index (χ1n) is 17.4. The van der Waals surface area contributed by atoms with Gasteiger partial charge in [-0.15, -0.1) is 5.10 Å². The Labute approximate surface area is 301 Å². The van der Waals surface area contributed by atoms with Gasteiger partial charge in [-0.25, -0.2) is 22.8 Å². The zero-order valence-corrected chi connectivity index (χ0v) is 29.1. The number of hydrogen-bond acceptors (Lipinski definition) is 6. The summed E-state index contributed by atoms with van der Waals surface area (Å²) in [6, 6.07) is 10.9. The van der Waals surface area contributed by atoms with E-state index in [1.165, 1.54) is 10.9 Å². The fourth-order valence-corrected chi connectivity index (χ4v) is 9.16. The quantitative estimate of drug-likeness (QED) is 0.173. The van der Waals surface area contributed by atoms with Gasteiger partial charge in [0.05, 0.1) is 46.0 Å². The number of carbonyl (C=O) groups is 1. The molecule has 262 valence electrons. The summed E-state index contributed by atoms with van der Waals surface area (Å²) in [5, 5.41) is 22.9. The van der Waals surface area contributed by atoms with Gasteiger partial charge in [0.1, 0.15) is 11.2 Å². The van der Waals surface area contributed by atoms with Gasteiger partial charge in [-0.3, -0.25) is 4.79 Å². The molecular formula is C37H33Cl2F3N8O. The molecule has 6 heterocycles. The van der Waals surface area contributed by atoms with Crippen molar-refractivity contribution in [2.24, 2.45) is 11.8 Å². The summed E-state index contributed by atoms with van der Waals surface area (Å²) in [5.74, 6) is -0.202. The molecule has 14 heteroatoms. The van der Waals surface area contributed by atoms with Crippen molar-refractivity contribution in [1.82, 2.24) is 34.8 Å². The lowest BCUT2D eigenvalue weighted by Crippen LogP contribution is -2.41. The standard InChI is InChI=1S/C37H33Cl2F3N8O/c1-17-23-13-29(28-12-21(15-48(28)37(51)18-7-8-18)49-16-27(36(41)42)46-47-49)50(34-20-11-26(34)44-14-20)35(23)24-10-19(4-3-9-43)30(32(40)33(24)45-17)22-5-2-6-25(38)31(22)39/h2,5-6,10,13,16,18,20-21,26,28,34,36,44H,3-4,7-8,11-12,14-15H2,1H3. The van der Waals surface area contributed by atoms with Crippen LogP contribution in [-0.2, 0) is 11.2 Å².